The summed E-state index contributed by atoms with van der Waals surface area (Å²) in [6.07, 6.45) is 6.48. The second-order valence-corrected chi connectivity index (χ2v) is 5.88. The first-order chi connectivity index (χ1) is 7.68. The molecule has 0 atom stereocenters. The highest BCUT2D eigenvalue weighted by molar-refractivity contribution is 9.10. The minimum atomic E-state index is 0.225. The average Bonchev–Trinajstić information content (AvgIpc) is 2.33. The van der Waals surface area contributed by atoms with E-state index in [4.69, 9.17) is 5.73 Å². The Morgan fingerprint density at radius 3 is 2.56 bits per heavy atom. The van der Waals surface area contributed by atoms with E-state index in [0.717, 1.165) is 6.54 Å². The molecule has 1 aliphatic rings. The highest BCUT2D eigenvalue weighted by Gasteiger charge is 2.33. The second-order valence-electron chi connectivity index (χ2n) is 5.03. The zero-order valence-electron chi connectivity index (χ0n) is 9.93. The molecule has 2 heteroatoms. The highest BCUT2D eigenvalue weighted by atomic mass is 79.9. The van der Waals surface area contributed by atoms with Crippen LogP contribution in [0.1, 0.15) is 43.2 Å². The van der Waals surface area contributed by atoms with E-state index in [-0.39, 0.29) is 5.41 Å². The fourth-order valence-corrected chi connectivity index (χ4v) is 3.52. The van der Waals surface area contributed by atoms with Crippen molar-refractivity contribution in [2.45, 2.75) is 44.4 Å². The number of hydrogen-bond donors (Lipinski definition) is 1. The first-order valence-electron chi connectivity index (χ1n) is 6.15. The molecule has 0 heterocycles. The van der Waals surface area contributed by atoms with Crippen LogP contribution in [0.3, 0.4) is 0 Å². The average molecular weight is 282 g/mol. The first-order valence-corrected chi connectivity index (χ1v) is 6.94. The predicted octanol–water partition coefficient (Wildman–Crippen LogP) is 3.92. The first kappa shape index (κ1) is 12.1. The molecule has 0 unspecified atom stereocenters. The summed E-state index contributed by atoms with van der Waals surface area (Å²) >= 11 is 3.69. The number of benzene rings is 1. The summed E-state index contributed by atoms with van der Waals surface area (Å²) in [6.45, 7) is 2.93. The SMILES string of the molecule is Cc1ccc(Br)c(C2(CN)CCCCC2)c1. The molecule has 0 bridgehead atoms. The predicted molar refractivity (Wildman–Crippen MR) is 72.7 cm³/mol. The van der Waals surface area contributed by atoms with Gasteiger partial charge in [-0.3, -0.25) is 0 Å². The minimum Gasteiger partial charge on any atom is -0.330 e. The normalized spacial score (nSPS) is 19.7. The Morgan fingerprint density at radius 2 is 1.94 bits per heavy atom. The van der Waals surface area contributed by atoms with Gasteiger partial charge in [0.05, 0.1) is 0 Å². The molecule has 1 fully saturated rings. The van der Waals surface area contributed by atoms with Crippen LogP contribution in [0.25, 0.3) is 0 Å². The maximum absolute atomic E-state index is 6.07. The van der Waals surface area contributed by atoms with Crippen molar-refractivity contribution in [3.05, 3.63) is 33.8 Å². The van der Waals surface area contributed by atoms with Crippen LogP contribution in [0, 0.1) is 6.92 Å². The highest BCUT2D eigenvalue weighted by Crippen LogP contribution is 2.41. The minimum absolute atomic E-state index is 0.225. The molecule has 1 aromatic rings. The van der Waals surface area contributed by atoms with Crippen molar-refractivity contribution in [1.29, 1.82) is 0 Å². The Kier molecular flexibility index (Phi) is 3.70. The molecule has 1 aromatic carbocycles. The zero-order valence-corrected chi connectivity index (χ0v) is 11.5. The van der Waals surface area contributed by atoms with Gasteiger partial charge in [-0.25, -0.2) is 0 Å². The summed E-state index contributed by atoms with van der Waals surface area (Å²) in [6, 6.07) is 6.62. The third-order valence-corrected chi connectivity index (χ3v) is 4.59. The van der Waals surface area contributed by atoms with Crippen LogP contribution in [0.15, 0.2) is 22.7 Å². The third-order valence-electron chi connectivity index (χ3n) is 3.89. The van der Waals surface area contributed by atoms with E-state index in [1.54, 1.807) is 0 Å². The monoisotopic (exact) mass is 281 g/mol. The van der Waals surface area contributed by atoms with E-state index in [1.807, 2.05) is 0 Å². The zero-order chi connectivity index (χ0) is 11.6. The van der Waals surface area contributed by atoms with Gasteiger partial charge in [0.25, 0.3) is 0 Å². The van der Waals surface area contributed by atoms with E-state index >= 15 is 0 Å². The van der Waals surface area contributed by atoms with Crippen LogP contribution < -0.4 is 5.73 Å². The Labute approximate surface area is 107 Å². The number of aryl methyl sites for hydroxylation is 1. The van der Waals surface area contributed by atoms with Crippen molar-refractivity contribution in [2.75, 3.05) is 6.54 Å². The summed E-state index contributed by atoms with van der Waals surface area (Å²) in [5.41, 5.74) is 9.05. The van der Waals surface area contributed by atoms with Crippen molar-refractivity contribution in [2.24, 2.45) is 5.73 Å². The summed E-state index contributed by atoms with van der Waals surface area (Å²) in [5.74, 6) is 0. The smallest absolute Gasteiger partial charge is 0.0213 e. The van der Waals surface area contributed by atoms with E-state index in [0.29, 0.717) is 0 Å². The standard InChI is InChI=1S/C14H20BrN/c1-11-5-6-13(15)12(9-11)14(10-16)7-3-2-4-8-14/h5-6,9H,2-4,7-8,10,16H2,1H3. The van der Waals surface area contributed by atoms with E-state index in [9.17, 15) is 0 Å². The van der Waals surface area contributed by atoms with Crippen LogP contribution >= 0.6 is 15.9 Å². The maximum atomic E-state index is 6.07. The maximum Gasteiger partial charge on any atom is 0.0213 e. The van der Waals surface area contributed by atoms with Gasteiger partial charge in [-0.15, -0.1) is 0 Å². The molecule has 2 N–H and O–H groups in total. The van der Waals surface area contributed by atoms with Gasteiger partial charge >= 0.3 is 0 Å². The number of hydrogen-bond acceptors (Lipinski definition) is 1. The van der Waals surface area contributed by atoms with Crippen LogP contribution in [0.5, 0.6) is 0 Å². The summed E-state index contributed by atoms with van der Waals surface area (Å²) in [7, 11) is 0. The largest absolute Gasteiger partial charge is 0.330 e. The molecule has 0 saturated heterocycles. The molecule has 0 radical (unpaired) electrons. The molecular formula is C14H20BrN. The molecule has 0 aliphatic heterocycles. The van der Waals surface area contributed by atoms with Gasteiger partial charge in [0.15, 0.2) is 0 Å². The lowest BCUT2D eigenvalue weighted by Crippen LogP contribution is -2.37. The number of nitrogens with two attached hydrogens (primary N) is 1. The lowest BCUT2D eigenvalue weighted by atomic mass is 9.69. The van der Waals surface area contributed by atoms with Gasteiger partial charge in [-0.05, 0) is 31.4 Å². The summed E-state index contributed by atoms with van der Waals surface area (Å²) < 4.78 is 1.23. The second kappa shape index (κ2) is 4.89. The fourth-order valence-electron chi connectivity index (χ4n) is 2.86. The van der Waals surface area contributed by atoms with Crippen molar-refractivity contribution in [3.8, 4) is 0 Å². The van der Waals surface area contributed by atoms with Crippen LogP contribution in [-0.2, 0) is 5.41 Å². The number of rotatable bonds is 2. The molecule has 1 nitrogen and oxygen atoms in total. The van der Waals surface area contributed by atoms with Crippen molar-refractivity contribution < 1.29 is 0 Å². The summed E-state index contributed by atoms with van der Waals surface area (Å²) in [5, 5.41) is 0. The van der Waals surface area contributed by atoms with Gasteiger partial charge < -0.3 is 5.73 Å². The van der Waals surface area contributed by atoms with Crippen LogP contribution in [0.2, 0.25) is 0 Å². The van der Waals surface area contributed by atoms with Gasteiger partial charge in [0.2, 0.25) is 0 Å². The lowest BCUT2D eigenvalue weighted by molar-refractivity contribution is 0.299. The Bertz CT molecular complexity index is 367. The van der Waals surface area contributed by atoms with Gasteiger partial charge in [-0.2, -0.15) is 0 Å². The molecule has 2 rings (SSSR count). The van der Waals surface area contributed by atoms with E-state index in [2.05, 4.69) is 41.1 Å². The van der Waals surface area contributed by atoms with Gasteiger partial charge in [0, 0.05) is 16.4 Å². The molecule has 0 spiro atoms. The lowest BCUT2D eigenvalue weighted by Gasteiger charge is -2.37. The molecule has 16 heavy (non-hydrogen) atoms. The van der Waals surface area contributed by atoms with Crippen LogP contribution in [0.4, 0.5) is 0 Å². The fraction of sp³-hybridized carbons (Fsp3) is 0.571. The van der Waals surface area contributed by atoms with Crippen molar-refractivity contribution >= 4 is 15.9 Å². The Balaban J connectivity index is 2.42. The Morgan fingerprint density at radius 1 is 1.25 bits per heavy atom. The third kappa shape index (κ3) is 2.18. The molecule has 0 amide bonds. The molecular weight excluding hydrogens is 262 g/mol. The van der Waals surface area contributed by atoms with E-state index < -0.39 is 0 Å². The molecule has 0 aromatic heterocycles. The number of halogens is 1. The van der Waals surface area contributed by atoms with E-state index in [1.165, 1.54) is 47.7 Å². The molecule has 88 valence electrons. The molecule has 1 saturated carbocycles. The quantitative estimate of drug-likeness (QED) is 0.874. The van der Waals surface area contributed by atoms with Gasteiger partial charge in [-0.1, -0.05) is 52.9 Å². The topological polar surface area (TPSA) is 26.0 Å². The van der Waals surface area contributed by atoms with Gasteiger partial charge in [0.1, 0.15) is 0 Å². The van der Waals surface area contributed by atoms with Crippen LogP contribution in [-0.4, -0.2) is 6.54 Å². The summed E-state index contributed by atoms with van der Waals surface area (Å²) in [4.78, 5) is 0. The molecule has 1 aliphatic carbocycles. The Hall–Kier alpha value is -0.340. The van der Waals surface area contributed by atoms with Crippen molar-refractivity contribution in [1.82, 2.24) is 0 Å². The van der Waals surface area contributed by atoms with Crippen molar-refractivity contribution in [3.63, 3.8) is 0 Å².